The van der Waals surface area contributed by atoms with E-state index in [0.29, 0.717) is 17.2 Å². The second kappa shape index (κ2) is 7.60. The molecule has 5 nitrogen and oxygen atoms in total. The molecule has 1 N–H and O–H groups in total. The van der Waals surface area contributed by atoms with Crippen molar-refractivity contribution in [3.8, 4) is 0 Å². The number of hydrogen-bond acceptors (Lipinski definition) is 5. The van der Waals surface area contributed by atoms with Crippen molar-refractivity contribution in [1.82, 2.24) is 15.5 Å². The number of carbonyl (C=O) groups excluding carboxylic acids is 1. The molecule has 4 rings (SSSR count). The molecule has 0 bridgehead atoms. The van der Waals surface area contributed by atoms with E-state index < -0.39 is 0 Å². The Kier molecular flexibility index (Phi) is 5.06. The molecule has 0 spiro atoms. The highest BCUT2D eigenvalue weighted by Gasteiger charge is 2.31. The monoisotopic (exact) mass is 357 g/mol. The molecule has 2 aliphatic rings. The minimum Gasteiger partial charge on any atom is -0.416 e. The van der Waals surface area contributed by atoms with Gasteiger partial charge in [0.05, 0.1) is 0 Å². The Labute approximate surface area is 152 Å². The van der Waals surface area contributed by atoms with Crippen molar-refractivity contribution in [3.05, 3.63) is 41.8 Å². The lowest BCUT2D eigenvalue weighted by atomic mass is 9.89. The third-order valence-corrected chi connectivity index (χ3v) is 5.95. The van der Waals surface area contributed by atoms with Crippen LogP contribution in [0.3, 0.4) is 0 Å². The van der Waals surface area contributed by atoms with Gasteiger partial charge in [0.15, 0.2) is 0 Å². The minimum absolute atomic E-state index is 0.0242. The van der Waals surface area contributed by atoms with E-state index in [-0.39, 0.29) is 11.2 Å². The number of rotatable bonds is 6. The molecular formula is C19H23N3O2S. The molecule has 132 valence electrons. The summed E-state index contributed by atoms with van der Waals surface area (Å²) in [6.45, 7) is 0. The molecular weight excluding hydrogens is 334 g/mol. The zero-order valence-electron chi connectivity index (χ0n) is 14.2. The molecule has 0 unspecified atom stereocenters. The quantitative estimate of drug-likeness (QED) is 0.784. The summed E-state index contributed by atoms with van der Waals surface area (Å²) in [5, 5.41) is 11.7. The van der Waals surface area contributed by atoms with Crippen LogP contribution in [0, 0.1) is 0 Å². The normalized spacial score (nSPS) is 19.5. The van der Waals surface area contributed by atoms with Crippen molar-refractivity contribution in [1.29, 1.82) is 0 Å². The molecule has 2 aliphatic carbocycles. The smallest absolute Gasteiger partial charge is 0.277 e. The van der Waals surface area contributed by atoms with E-state index in [1.54, 1.807) is 0 Å². The lowest BCUT2D eigenvalue weighted by Crippen LogP contribution is -2.29. The fourth-order valence-corrected chi connectivity index (χ4v) is 4.18. The first kappa shape index (κ1) is 16.6. The molecule has 0 radical (unpaired) electrons. The standard InChI is InChI=1S/C19H23N3O2S/c23-17(20-15-11-12-15)16(13-7-3-1-4-8-13)25-19-22-21-18(24-19)14-9-5-2-6-10-14/h1,3-4,7-8,14-16H,2,5-6,9-12H2,(H,20,23)/t16-/m1/s1. The van der Waals surface area contributed by atoms with Crippen molar-refractivity contribution in [2.24, 2.45) is 0 Å². The molecule has 25 heavy (non-hydrogen) atoms. The lowest BCUT2D eigenvalue weighted by Gasteiger charge is -2.17. The van der Waals surface area contributed by atoms with Gasteiger partial charge < -0.3 is 9.73 Å². The van der Waals surface area contributed by atoms with E-state index in [0.717, 1.165) is 37.1 Å². The molecule has 2 fully saturated rings. The molecule has 1 atom stereocenters. The largest absolute Gasteiger partial charge is 0.416 e. The topological polar surface area (TPSA) is 68.0 Å². The van der Waals surface area contributed by atoms with Crippen LogP contribution in [-0.2, 0) is 4.79 Å². The Morgan fingerprint density at radius 3 is 2.56 bits per heavy atom. The number of amides is 1. The van der Waals surface area contributed by atoms with Crippen LogP contribution in [0.1, 0.15) is 67.6 Å². The maximum Gasteiger partial charge on any atom is 0.277 e. The molecule has 1 heterocycles. The van der Waals surface area contributed by atoms with Crippen molar-refractivity contribution in [2.75, 3.05) is 0 Å². The van der Waals surface area contributed by atoms with Gasteiger partial charge in [-0.1, -0.05) is 49.6 Å². The minimum atomic E-state index is -0.360. The number of nitrogens with one attached hydrogen (secondary N) is 1. The summed E-state index contributed by atoms with van der Waals surface area (Å²) in [6.07, 6.45) is 8.14. The van der Waals surface area contributed by atoms with Gasteiger partial charge in [0.25, 0.3) is 5.22 Å². The summed E-state index contributed by atoms with van der Waals surface area (Å²) < 4.78 is 5.91. The van der Waals surface area contributed by atoms with Crippen LogP contribution in [0.2, 0.25) is 0 Å². The molecule has 0 saturated heterocycles. The highest BCUT2D eigenvalue weighted by molar-refractivity contribution is 8.00. The van der Waals surface area contributed by atoms with Gasteiger partial charge in [-0.05, 0) is 43.0 Å². The van der Waals surface area contributed by atoms with Gasteiger partial charge in [0.1, 0.15) is 5.25 Å². The Balaban J connectivity index is 1.49. The van der Waals surface area contributed by atoms with Crippen LogP contribution in [0.25, 0.3) is 0 Å². The number of hydrogen-bond donors (Lipinski definition) is 1. The summed E-state index contributed by atoms with van der Waals surface area (Å²) >= 11 is 1.35. The van der Waals surface area contributed by atoms with Crippen molar-refractivity contribution >= 4 is 17.7 Å². The third-order valence-electron chi connectivity index (χ3n) is 4.86. The molecule has 6 heteroatoms. The van der Waals surface area contributed by atoms with Crippen LogP contribution in [-0.4, -0.2) is 22.1 Å². The summed E-state index contributed by atoms with van der Waals surface area (Å²) in [6, 6.07) is 10.1. The zero-order chi connectivity index (χ0) is 17.1. The predicted molar refractivity (Wildman–Crippen MR) is 96.3 cm³/mol. The average Bonchev–Trinajstić information content (AvgIpc) is 3.35. The first-order valence-corrected chi connectivity index (χ1v) is 10.0. The van der Waals surface area contributed by atoms with Gasteiger partial charge in [-0.25, -0.2) is 0 Å². The van der Waals surface area contributed by atoms with Crippen LogP contribution in [0.15, 0.2) is 40.0 Å². The second-order valence-corrected chi connectivity index (χ2v) is 7.99. The summed E-state index contributed by atoms with van der Waals surface area (Å²) in [4.78, 5) is 12.7. The lowest BCUT2D eigenvalue weighted by molar-refractivity contribution is -0.120. The number of nitrogens with zero attached hydrogens (tertiary/aromatic N) is 2. The van der Waals surface area contributed by atoms with E-state index >= 15 is 0 Å². The van der Waals surface area contributed by atoms with Gasteiger partial charge >= 0.3 is 0 Å². The Bertz CT molecular complexity index is 708. The zero-order valence-corrected chi connectivity index (χ0v) is 15.0. The van der Waals surface area contributed by atoms with Crippen molar-refractivity contribution < 1.29 is 9.21 Å². The van der Waals surface area contributed by atoms with Crippen LogP contribution in [0.4, 0.5) is 0 Å². The molecule has 1 aromatic heterocycles. The van der Waals surface area contributed by atoms with Crippen LogP contribution < -0.4 is 5.32 Å². The van der Waals surface area contributed by atoms with Gasteiger partial charge in [-0.2, -0.15) is 0 Å². The number of carbonyl (C=O) groups is 1. The number of aromatic nitrogens is 2. The van der Waals surface area contributed by atoms with Crippen molar-refractivity contribution in [3.63, 3.8) is 0 Å². The van der Waals surface area contributed by atoms with Crippen LogP contribution >= 0.6 is 11.8 Å². The molecule has 0 aliphatic heterocycles. The summed E-state index contributed by atoms with van der Waals surface area (Å²) in [5.41, 5.74) is 0.961. The number of thioether (sulfide) groups is 1. The van der Waals surface area contributed by atoms with Crippen molar-refractivity contribution in [2.45, 2.75) is 67.4 Å². The maximum atomic E-state index is 12.7. The fourth-order valence-electron chi connectivity index (χ4n) is 3.29. The van der Waals surface area contributed by atoms with Gasteiger partial charge in [0.2, 0.25) is 11.8 Å². The third kappa shape index (κ3) is 4.24. The SMILES string of the molecule is O=C(NC1CC1)[C@H](Sc1nnc(C2CCCCC2)o1)c1ccccc1. The number of benzene rings is 1. The van der Waals surface area contributed by atoms with Gasteiger partial charge in [-0.3, -0.25) is 4.79 Å². The van der Waals surface area contributed by atoms with E-state index in [4.69, 9.17) is 4.42 Å². The van der Waals surface area contributed by atoms with E-state index in [2.05, 4.69) is 15.5 Å². The fraction of sp³-hybridized carbons (Fsp3) is 0.526. The molecule has 1 aromatic carbocycles. The first-order valence-electron chi connectivity index (χ1n) is 9.15. The van der Waals surface area contributed by atoms with E-state index in [1.165, 1.54) is 31.0 Å². The Morgan fingerprint density at radius 2 is 1.84 bits per heavy atom. The highest BCUT2D eigenvalue weighted by Crippen LogP contribution is 2.38. The molecule has 2 saturated carbocycles. The Hall–Kier alpha value is -1.82. The average molecular weight is 357 g/mol. The van der Waals surface area contributed by atoms with E-state index in [1.807, 2.05) is 30.3 Å². The predicted octanol–water partition coefficient (Wildman–Crippen LogP) is 4.23. The first-order chi connectivity index (χ1) is 12.3. The Morgan fingerprint density at radius 1 is 1.08 bits per heavy atom. The van der Waals surface area contributed by atoms with E-state index in [9.17, 15) is 4.79 Å². The molecule has 1 amide bonds. The van der Waals surface area contributed by atoms with Crippen LogP contribution in [0.5, 0.6) is 0 Å². The molecule has 2 aromatic rings. The van der Waals surface area contributed by atoms with Gasteiger partial charge in [-0.15, -0.1) is 10.2 Å². The maximum absolute atomic E-state index is 12.7. The summed E-state index contributed by atoms with van der Waals surface area (Å²) in [7, 11) is 0. The highest BCUT2D eigenvalue weighted by atomic mass is 32.2. The summed E-state index contributed by atoms with van der Waals surface area (Å²) in [5.74, 6) is 1.14. The van der Waals surface area contributed by atoms with Gasteiger partial charge in [0, 0.05) is 12.0 Å². The second-order valence-electron chi connectivity index (χ2n) is 6.93.